The first-order valence-electron chi connectivity index (χ1n) is 10.9. The van der Waals surface area contributed by atoms with Crippen molar-refractivity contribution in [3.8, 4) is 5.75 Å². The molecule has 1 amide bonds. The van der Waals surface area contributed by atoms with Gasteiger partial charge < -0.3 is 19.2 Å². The first kappa shape index (κ1) is 20.9. The van der Waals surface area contributed by atoms with Crippen LogP contribution in [-0.2, 0) is 4.79 Å². The van der Waals surface area contributed by atoms with Gasteiger partial charge in [-0.2, -0.15) is 0 Å². The van der Waals surface area contributed by atoms with Crippen LogP contribution in [0.3, 0.4) is 0 Å². The van der Waals surface area contributed by atoms with Gasteiger partial charge in [-0.1, -0.05) is 12.8 Å². The number of ether oxygens (including phenoxy) is 1. The molecule has 2 fully saturated rings. The summed E-state index contributed by atoms with van der Waals surface area (Å²) >= 11 is 0. The molecule has 1 aromatic carbocycles. The molecule has 0 spiro atoms. The van der Waals surface area contributed by atoms with Crippen LogP contribution in [-0.4, -0.2) is 40.7 Å². The van der Waals surface area contributed by atoms with Crippen LogP contribution in [0, 0.1) is 26.7 Å². The van der Waals surface area contributed by atoms with Crippen molar-refractivity contribution in [2.24, 2.45) is 5.92 Å². The number of aryl methyl sites for hydroxylation is 2. The summed E-state index contributed by atoms with van der Waals surface area (Å²) in [5, 5.41) is 11.7. The lowest BCUT2D eigenvalue weighted by Crippen LogP contribution is -2.56. The van der Waals surface area contributed by atoms with Gasteiger partial charge in [0.2, 0.25) is 0 Å². The van der Waals surface area contributed by atoms with E-state index in [-0.39, 0.29) is 17.5 Å². The lowest BCUT2D eigenvalue weighted by Gasteiger charge is -2.47. The minimum atomic E-state index is -0.658. The van der Waals surface area contributed by atoms with Crippen LogP contribution in [0.25, 0.3) is 11.0 Å². The van der Waals surface area contributed by atoms with Gasteiger partial charge in [-0.3, -0.25) is 4.79 Å². The van der Waals surface area contributed by atoms with Crippen LogP contribution in [0.4, 0.5) is 0 Å². The molecule has 1 N–H and O–H groups in total. The van der Waals surface area contributed by atoms with Gasteiger partial charge >= 0.3 is 5.63 Å². The second-order valence-corrected chi connectivity index (χ2v) is 9.05. The summed E-state index contributed by atoms with van der Waals surface area (Å²) in [5.74, 6) is 0.628. The summed E-state index contributed by atoms with van der Waals surface area (Å²) in [5.41, 5.74) is 1.76. The lowest BCUT2D eigenvalue weighted by atomic mass is 9.71. The number of hydrogen-bond acceptors (Lipinski definition) is 5. The molecule has 30 heavy (non-hydrogen) atoms. The molecule has 1 aliphatic heterocycles. The number of carbonyl (C=O) groups excluding carboxylic acids is 1. The van der Waals surface area contributed by atoms with Crippen molar-refractivity contribution in [1.29, 1.82) is 0 Å². The van der Waals surface area contributed by atoms with Crippen molar-refractivity contribution in [2.45, 2.75) is 71.5 Å². The third-order valence-corrected chi connectivity index (χ3v) is 7.21. The van der Waals surface area contributed by atoms with Gasteiger partial charge in [-0.05, 0) is 64.7 Å². The second-order valence-electron chi connectivity index (χ2n) is 9.05. The first-order valence-corrected chi connectivity index (χ1v) is 10.9. The van der Waals surface area contributed by atoms with Gasteiger partial charge in [0.25, 0.3) is 5.91 Å². The Morgan fingerprint density at radius 1 is 1.20 bits per heavy atom. The summed E-state index contributed by atoms with van der Waals surface area (Å²) < 4.78 is 11.5. The summed E-state index contributed by atoms with van der Waals surface area (Å²) in [6.07, 6.45) is 3.96. The molecule has 162 valence electrons. The number of amides is 1. The fourth-order valence-corrected chi connectivity index (χ4v) is 5.02. The van der Waals surface area contributed by atoms with E-state index in [9.17, 15) is 14.7 Å². The lowest BCUT2D eigenvalue weighted by molar-refractivity contribution is -0.149. The maximum Gasteiger partial charge on any atom is 0.339 e. The quantitative estimate of drug-likeness (QED) is 0.777. The highest BCUT2D eigenvalue weighted by molar-refractivity contribution is 5.86. The summed E-state index contributed by atoms with van der Waals surface area (Å²) in [6, 6.07) is 3.72. The van der Waals surface area contributed by atoms with Gasteiger partial charge in [0.15, 0.2) is 6.10 Å². The number of hydrogen-bond donors (Lipinski definition) is 1. The molecular formula is C24H31NO5. The Labute approximate surface area is 176 Å². The Bertz CT molecular complexity index is 1040. The molecule has 0 unspecified atom stereocenters. The molecule has 2 heterocycles. The zero-order chi connectivity index (χ0) is 21.6. The van der Waals surface area contributed by atoms with E-state index in [1.165, 1.54) is 0 Å². The number of nitrogens with zero attached hydrogens (tertiary/aromatic N) is 1. The summed E-state index contributed by atoms with van der Waals surface area (Å²) in [4.78, 5) is 27.0. The standard InChI is InChI=1S/C24H31NO5/c1-14-15(2)23(27)30-21-16(3)20(9-8-19(14)21)29-17(4)22(26)25-12-11-24(28)10-6-5-7-18(24)13-25/h8-9,17-18,28H,5-7,10-13H2,1-4H3/t17-,18-,24-/m1/s1. The fourth-order valence-electron chi connectivity index (χ4n) is 5.02. The highest BCUT2D eigenvalue weighted by Crippen LogP contribution is 2.40. The SMILES string of the molecule is Cc1c(C)c2ccc(O[C@H](C)C(=O)N3CC[C@]4(O)CCCC[C@@H]4C3)c(C)c2oc1=O. The van der Waals surface area contributed by atoms with E-state index in [1.54, 1.807) is 13.8 Å². The minimum absolute atomic E-state index is 0.0661. The zero-order valence-corrected chi connectivity index (χ0v) is 18.3. The molecule has 1 saturated heterocycles. The van der Waals surface area contributed by atoms with Gasteiger partial charge in [0.05, 0.1) is 5.60 Å². The van der Waals surface area contributed by atoms with E-state index < -0.39 is 11.7 Å². The summed E-state index contributed by atoms with van der Waals surface area (Å²) in [6.45, 7) is 8.41. The van der Waals surface area contributed by atoms with Crippen LogP contribution in [0.5, 0.6) is 5.75 Å². The van der Waals surface area contributed by atoms with E-state index in [2.05, 4.69) is 0 Å². The first-order chi connectivity index (χ1) is 14.2. The maximum absolute atomic E-state index is 13.1. The Kier molecular flexibility index (Phi) is 5.39. The average Bonchev–Trinajstić information content (AvgIpc) is 2.73. The van der Waals surface area contributed by atoms with Crippen molar-refractivity contribution in [3.63, 3.8) is 0 Å². The van der Waals surface area contributed by atoms with Crippen molar-refractivity contribution >= 4 is 16.9 Å². The van der Waals surface area contributed by atoms with E-state index in [4.69, 9.17) is 9.15 Å². The molecule has 6 nitrogen and oxygen atoms in total. The van der Waals surface area contributed by atoms with Crippen molar-refractivity contribution < 1.29 is 19.1 Å². The van der Waals surface area contributed by atoms with Crippen molar-refractivity contribution in [3.05, 3.63) is 39.2 Å². The third-order valence-electron chi connectivity index (χ3n) is 7.21. The van der Waals surface area contributed by atoms with Crippen LogP contribution < -0.4 is 10.4 Å². The molecule has 3 atom stereocenters. The van der Waals surface area contributed by atoms with Crippen molar-refractivity contribution in [2.75, 3.05) is 13.1 Å². The normalized spacial score (nSPS) is 25.1. The molecule has 0 bridgehead atoms. The molecule has 2 aromatic rings. The molecule has 2 aliphatic rings. The van der Waals surface area contributed by atoms with Gasteiger partial charge in [-0.15, -0.1) is 0 Å². The van der Waals surface area contributed by atoms with E-state index in [0.29, 0.717) is 42.0 Å². The van der Waals surface area contributed by atoms with E-state index in [0.717, 1.165) is 36.6 Å². The van der Waals surface area contributed by atoms with Crippen LogP contribution in [0.15, 0.2) is 21.3 Å². The number of rotatable bonds is 3. The van der Waals surface area contributed by atoms with Gasteiger partial charge in [0.1, 0.15) is 11.3 Å². The zero-order valence-electron chi connectivity index (χ0n) is 18.3. The number of aliphatic hydroxyl groups is 1. The molecule has 0 radical (unpaired) electrons. The largest absolute Gasteiger partial charge is 0.480 e. The smallest absolute Gasteiger partial charge is 0.339 e. The molecular weight excluding hydrogens is 382 g/mol. The monoisotopic (exact) mass is 413 g/mol. The number of fused-ring (bicyclic) bond motifs is 2. The van der Waals surface area contributed by atoms with E-state index >= 15 is 0 Å². The average molecular weight is 414 g/mol. The maximum atomic E-state index is 13.1. The molecule has 4 rings (SSSR count). The third kappa shape index (κ3) is 3.51. The molecule has 1 aliphatic carbocycles. The van der Waals surface area contributed by atoms with Crippen molar-refractivity contribution in [1.82, 2.24) is 4.90 Å². The topological polar surface area (TPSA) is 80.0 Å². The predicted octanol–water partition coefficient (Wildman–Crippen LogP) is 3.64. The highest BCUT2D eigenvalue weighted by atomic mass is 16.5. The second kappa shape index (κ2) is 7.73. The molecule has 1 aromatic heterocycles. The van der Waals surface area contributed by atoms with Crippen LogP contribution in [0.2, 0.25) is 0 Å². The summed E-state index contributed by atoms with van der Waals surface area (Å²) in [7, 11) is 0. The Hall–Kier alpha value is -2.34. The number of likely N-dealkylation sites (tertiary alicyclic amines) is 1. The fraction of sp³-hybridized carbons (Fsp3) is 0.583. The van der Waals surface area contributed by atoms with Gasteiger partial charge in [0, 0.05) is 35.5 Å². The highest BCUT2D eigenvalue weighted by Gasteiger charge is 2.44. The molecule has 6 heteroatoms. The van der Waals surface area contributed by atoms with Crippen LogP contribution >= 0.6 is 0 Å². The number of carbonyl (C=O) groups is 1. The molecule has 1 saturated carbocycles. The van der Waals surface area contributed by atoms with Crippen LogP contribution in [0.1, 0.15) is 55.7 Å². The number of piperidine rings is 1. The Morgan fingerprint density at radius 2 is 1.97 bits per heavy atom. The predicted molar refractivity (Wildman–Crippen MR) is 115 cm³/mol. The minimum Gasteiger partial charge on any atom is -0.480 e. The Balaban J connectivity index is 1.52. The van der Waals surface area contributed by atoms with E-state index in [1.807, 2.05) is 30.9 Å². The Morgan fingerprint density at radius 3 is 2.73 bits per heavy atom. The number of benzene rings is 1. The van der Waals surface area contributed by atoms with Gasteiger partial charge in [-0.25, -0.2) is 4.79 Å².